The third-order valence-corrected chi connectivity index (χ3v) is 3.17. The fraction of sp³-hybridized carbons (Fsp3) is 0.462. The van der Waals surface area contributed by atoms with E-state index in [1.807, 2.05) is 0 Å². The van der Waals surface area contributed by atoms with Crippen LogP contribution in [0.15, 0.2) is 18.2 Å². The summed E-state index contributed by atoms with van der Waals surface area (Å²) in [7, 11) is 1.56. The topological polar surface area (TPSA) is 76.4 Å². The molecule has 0 aromatic heterocycles. The number of rotatable bonds is 3. The van der Waals surface area contributed by atoms with Gasteiger partial charge in [0.2, 0.25) is 0 Å². The predicted octanol–water partition coefficient (Wildman–Crippen LogP) is 0.759. The van der Waals surface area contributed by atoms with Crippen molar-refractivity contribution in [2.45, 2.75) is 18.9 Å². The second kappa shape index (κ2) is 5.73. The Morgan fingerprint density at radius 2 is 2.17 bits per heavy atom. The zero-order valence-electron chi connectivity index (χ0n) is 10.5. The SMILES string of the molecule is COc1ccc(C(=O)NC2CCNCC2)cc1N. The molecule has 0 radical (unpaired) electrons. The van der Waals surface area contributed by atoms with Crippen molar-refractivity contribution in [2.24, 2.45) is 0 Å². The minimum atomic E-state index is -0.0729. The van der Waals surface area contributed by atoms with E-state index in [9.17, 15) is 4.79 Å². The largest absolute Gasteiger partial charge is 0.495 e. The summed E-state index contributed by atoms with van der Waals surface area (Å²) in [5.41, 5.74) is 6.85. The van der Waals surface area contributed by atoms with Crippen LogP contribution in [0.1, 0.15) is 23.2 Å². The first kappa shape index (κ1) is 12.7. The van der Waals surface area contributed by atoms with E-state index in [0.717, 1.165) is 25.9 Å². The smallest absolute Gasteiger partial charge is 0.251 e. The number of ether oxygens (including phenoxy) is 1. The quantitative estimate of drug-likeness (QED) is 0.691. The van der Waals surface area contributed by atoms with Gasteiger partial charge in [-0.3, -0.25) is 4.79 Å². The number of hydrogen-bond donors (Lipinski definition) is 3. The highest BCUT2D eigenvalue weighted by Crippen LogP contribution is 2.21. The van der Waals surface area contributed by atoms with Gasteiger partial charge in [-0.25, -0.2) is 0 Å². The van der Waals surface area contributed by atoms with E-state index in [-0.39, 0.29) is 11.9 Å². The maximum absolute atomic E-state index is 12.0. The molecule has 0 unspecified atom stereocenters. The summed E-state index contributed by atoms with van der Waals surface area (Å²) in [6.45, 7) is 1.91. The molecule has 5 heteroatoms. The third-order valence-electron chi connectivity index (χ3n) is 3.17. The van der Waals surface area contributed by atoms with E-state index in [1.165, 1.54) is 0 Å². The number of amides is 1. The second-order valence-electron chi connectivity index (χ2n) is 4.45. The molecule has 0 bridgehead atoms. The molecule has 1 fully saturated rings. The predicted molar refractivity (Wildman–Crippen MR) is 70.8 cm³/mol. The summed E-state index contributed by atoms with van der Waals surface area (Å²) in [5.74, 6) is 0.518. The Kier molecular flexibility index (Phi) is 4.04. The van der Waals surface area contributed by atoms with E-state index in [1.54, 1.807) is 25.3 Å². The lowest BCUT2D eigenvalue weighted by atomic mass is 10.1. The molecule has 0 spiro atoms. The van der Waals surface area contributed by atoms with Crippen LogP contribution in [0.3, 0.4) is 0 Å². The van der Waals surface area contributed by atoms with Crippen LogP contribution in [-0.4, -0.2) is 32.1 Å². The van der Waals surface area contributed by atoms with E-state index < -0.39 is 0 Å². The molecule has 18 heavy (non-hydrogen) atoms. The molecule has 1 aromatic carbocycles. The van der Waals surface area contributed by atoms with Gasteiger partial charge in [0, 0.05) is 11.6 Å². The molecule has 1 aromatic rings. The fourth-order valence-electron chi connectivity index (χ4n) is 2.11. The summed E-state index contributed by atoms with van der Waals surface area (Å²) in [6, 6.07) is 5.34. The molecule has 4 N–H and O–H groups in total. The lowest BCUT2D eigenvalue weighted by Crippen LogP contribution is -2.42. The fourth-order valence-corrected chi connectivity index (χ4v) is 2.11. The first-order chi connectivity index (χ1) is 8.70. The number of nitrogens with two attached hydrogens (primary N) is 1. The van der Waals surface area contributed by atoms with Crippen molar-refractivity contribution >= 4 is 11.6 Å². The number of methoxy groups -OCH3 is 1. The number of carbonyl (C=O) groups is 1. The minimum absolute atomic E-state index is 0.0729. The number of anilines is 1. The number of benzene rings is 1. The molecule has 1 amide bonds. The number of carbonyl (C=O) groups excluding carboxylic acids is 1. The maximum Gasteiger partial charge on any atom is 0.251 e. The Balaban J connectivity index is 2.01. The van der Waals surface area contributed by atoms with Crippen molar-refractivity contribution in [1.29, 1.82) is 0 Å². The highest BCUT2D eigenvalue weighted by molar-refractivity contribution is 5.95. The van der Waals surface area contributed by atoms with Crippen molar-refractivity contribution in [3.8, 4) is 5.75 Å². The van der Waals surface area contributed by atoms with Gasteiger partial charge in [-0.2, -0.15) is 0 Å². The van der Waals surface area contributed by atoms with E-state index in [0.29, 0.717) is 17.0 Å². The molecule has 0 saturated carbocycles. The van der Waals surface area contributed by atoms with E-state index in [2.05, 4.69) is 10.6 Å². The number of nitrogens with one attached hydrogen (secondary N) is 2. The van der Waals surface area contributed by atoms with Crippen LogP contribution in [0, 0.1) is 0 Å². The summed E-state index contributed by atoms with van der Waals surface area (Å²) >= 11 is 0. The number of piperidine rings is 1. The highest BCUT2D eigenvalue weighted by atomic mass is 16.5. The molecular weight excluding hydrogens is 230 g/mol. The zero-order chi connectivity index (χ0) is 13.0. The third kappa shape index (κ3) is 2.92. The monoisotopic (exact) mass is 249 g/mol. The Hall–Kier alpha value is -1.75. The average Bonchev–Trinajstić information content (AvgIpc) is 2.39. The molecule has 98 valence electrons. The maximum atomic E-state index is 12.0. The average molecular weight is 249 g/mol. The Morgan fingerprint density at radius 1 is 1.44 bits per heavy atom. The van der Waals surface area contributed by atoms with Crippen molar-refractivity contribution < 1.29 is 9.53 Å². The van der Waals surface area contributed by atoms with Gasteiger partial charge in [-0.1, -0.05) is 0 Å². The van der Waals surface area contributed by atoms with Gasteiger partial charge in [-0.05, 0) is 44.1 Å². The van der Waals surface area contributed by atoms with Gasteiger partial charge in [0.25, 0.3) is 5.91 Å². The summed E-state index contributed by atoms with van der Waals surface area (Å²) < 4.78 is 5.06. The van der Waals surface area contributed by atoms with E-state index >= 15 is 0 Å². The molecule has 2 rings (SSSR count). The van der Waals surface area contributed by atoms with Gasteiger partial charge in [0.05, 0.1) is 12.8 Å². The molecule has 1 aliphatic rings. The van der Waals surface area contributed by atoms with Crippen molar-refractivity contribution in [2.75, 3.05) is 25.9 Å². The Labute approximate surface area is 107 Å². The van der Waals surface area contributed by atoms with Gasteiger partial charge >= 0.3 is 0 Å². The van der Waals surface area contributed by atoms with Crippen LogP contribution in [-0.2, 0) is 0 Å². The second-order valence-corrected chi connectivity index (χ2v) is 4.45. The molecule has 0 aliphatic carbocycles. The van der Waals surface area contributed by atoms with Crippen molar-refractivity contribution in [3.63, 3.8) is 0 Å². The normalized spacial score (nSPS) is 16.3. The van der Waals surface area contributed by atoms with Crippen molar-refractivity contribution in [3.05, 3.63) is 23.8 Å². The van der Waals surface area contributed by atoms with Gasteiger partial charge < -0.3 is 21.1 Å². The summed E-state index contributed by atoms with van der Waals surface area (Å²) in [5, 5.41) is 6.29. The molecule has 1 heterocycles. The first-order valence-electron chi connectivity index (χ1n) is 6.16. The summed E-state index contributed by atoms with van der Waals surface area (Å²) in [4.78, 5) is 12.0. The standard InChI is InChI=1S/C13H19N3O2/c1-18-12-3-2-9(8-11(12)14)13(17)16-10-4-6-15-7-5-10/h2-3,8,10,15H,4-7,14H2,1H3,(H,16,17). The molecular formula is C13H19N3O2. The lowest BCUT2D eigenvalue weighted by molar-refractivity contribution is 0.0929. The van der Waals surface area contributed by atoms with Crippen LogP contribution >= 0.6 is 0 Å². The van der Waals surface area contributed by atoms with Crippen LogP contribution in [0.4, 0.5) is 5.69 Å². The van der Waals surface area contributed by atoms with Crippen LogP contribution < -0.4 is 21.1 Å². The highest BCUT2D eigenvalue weighted by Gasteiger charge is 2.16. The molecule has 5 nitrogen and oxygen atoms in total. The van der Waals surface area contributed by atoms with Crippen LogP contribution in [0.5, 0.6) is 5.75 Å². The zero-order valence-corrected chi connectivity index (χ0v) is 10.5. The van der Waals surface area contributed by atoms with Gasteiger partial charge in [0.1, 0.15) is 5.75 Å². The van der Waals surface area contributed by atoms with Crippen molar-refractivity contribution in [1.82, 2.24) is 10.6 Å². The Morgan fingerprint density at radius 3 is 2.78 bits per heavy atom. The first-order valence-corrected chi connectivity index (χ1v) is 6.16. The minimum Gasteiger partial charge on any atom is -0.495 e. The number of nitrogen functional groups attached to an aromatic ring is 1. The summed E-state index contributed by atoms with van der Waals surface area (Å²) in [6.07, 6.45) is 1.94. The molecule has 1 saturated heterocycles. The van der Waals surface area contributed by atoms with Gasteiger partial charge in [-0.15, -0.1) is 0 Å². The molecule has 0 atom stereocenters. The van der Waals surface area contributed by atoms with E-state index in [4.69, 9.17) is 10.5 Å². The molecule has 1 aliphatic heterocycles. The Bertz CT molecular complexity index is 428. The van der Waals surface area contributed by atoms with Crippen LogP contribution in [0.25, 0.3) is 0 Å². The van der Waals surface area contributed by atoms with Gasteiger partial charge in [0.15, 0.2) is 0 Å². The number of hydrogen-bond acceptors (Lipinski definition) is 4. The van der Waals surface area contributed by atoms with Crippen LogP contribution in [0.2, 0.25) is 0 Å². The lowest BCUT2D eigenvalue weighted by Gasteiger charge is -2.23.